The van der Waals surface area contributed by atoms with Crippen LogP contribution in [0.4, 0.5) is 5.69 Å². The van der Waals surface area contributed by atoms with Gasteiger partial charge in [-0.25, -0.2) is 0 Å². The maximum Gasteiger partial charge on any atom is 0.144 e. The highest BCUT2D eigenvalue weighted by atomic mass is 16.5. The van der Waals surface area contributed by atoms with Crippen LogP contribution in [-0.4, -0.2) is 18.4 Å². The van der Waals surface area contributed by atoms with E-state index >= 15 is 0 Å². The van der Waals surface area contributed by atoms with Crippen molar-refractivity contribution in [1.82, 2.24) is 0 Å². The van der Waals surface area contributed by atoms with E-state index in [1.54, 1.807) is 13.3 Å². The number of methoxy groups -OCH3 is 1. The topological polar surface area (TPSA) is 41.8 Å². The SMILES string of the molecule is COc1ccccc1N=Cc1cc(C23CC4CC(CC(C4)C2)C3)ccc1O. The number of para-hydroxylation sites is 2. The summed E-state index contributed by atoms with van der Waals surface area (Å²) in [5.74, 6) is 3.77. The van der Waals surface area contributed by atoms with E-state index in [0.717, 1.165) is 34.8 Å². The molecule has 3 nitrogen and oxygen atoms in total. The van der Waals surface area contributed by atoms with E-state index in [0.29, 0.717) is 11.2 Å². The molecule has 0 aromatic heterocycles. The molecule has 0 atom stereocenters. The first-order valence-electron chi connectivity index (χ1n) is 10.2. The summed E-state index contributed by atoms with van der Waals surface area (Å²) >= 11 is 0. The molecule has 0 saturated heterocycles. The summed E-state index contributed by atoms with van der Waals surface area (Å²) in [5.41, 5.74) is 3.31. The summed E-state index contributed by atoms with van der Waals surface area (Å²) in [6, 6.07) is 13.9. The van der Waals surface area contributed by atoms with Crippen molar-refractivity contribution in [3.05, 3.63) is 53.6 Å². The first-order chi connectivity index (χ1) is 13.1. The quantitative estimate of drug-likeness (QED) is 0.718. The van der Waals surface area contributed by atoms with Crippen LogP contribution >= 0.6 is 0 Å². The van der Waals surface area contributed by atoms with Crippen molar-refractivity contribution >= 4 is 11.9 Å². The molecule has 6 rings (SSSR count). The third-order valence-electron chi connectivity index (χ3n) is 7.11. The summed E-state index contributed by atoms with van der Waals surface area (Å²) in [6.45, 7) is 0. The summed E-state index contributed by atoms with van der Waals surface area (Å²) in [6.07, 6.45) is 10.1. The molecule has 4 bridgehead atoms. The minimum absolute atomic E-state index is 0.294. The van der Waals surface area contributed by atoms with E-state index in [-0.39, 0.29) is 0 Å². The van der Waals surface area contributed by atoms with Crippen LogP contribution in [-0.2, 0) is 5.41 Å². The van der Waals surface area contributed by atoms with Crippen LogP contribution < -0.4 is 4.74 Å². The van der Waals surface area contributed by atoms with Gasteiger partial charge in [-0.05, 0) is 91.5 Å². The minimum atomic E-state index is 0.294. The van der Waals surface area contributed by atoms with Crippen LogP contribution in [0, 0.1) is 17.8 Å². The normalized spacial score (nSPS) is 31.5. The summed E-state index contributed by atoms with van der Waals surface area (Å²) in [7, 11) is 1.65. The molecular formula is C24H27NO2. The molecule has 4 saturated carbocycles. The smallest absolute Gasteiger partial charge is 0.144 e. The van der Waals surface area contributed by atoms with Crippen molar-refractivity contribution in [1.29, 1.82) is 0 Å². The van der Waals surface area contributed by atoms with Gasteiger partial charge in [-0.2, -0.15) is 0 Å². The van der Waals surface area contributed by atoms with Gasteiger partial charge in [0.2, 0.25) is 0 Å². The van der Waals surface area contributed by atoms with E-state index in [4.69, 9.17) is 4.74 Å². The maximum atomic E-state index is 10.4. The number of aromatic hydroxyl groups is 1. The van der Waals surface area contributed by atoms with E-state index in [1.165, 1.54) is 44.1 Å². The van der Waals surface area contributed by atoms with Gasteiger partial charge in [0.15, 0.2) is 0 Å². The van der Waals surface area contributed by atoms with Gasteiger partial charge in [-0.15, -0.1) is 0 Å². The van der Waals surface area contributed by atoms with Crippen molar-refractivity contribution in [3.63, 3.8) is 0 Å². The van der Waals surface area contributed by atoms with Gasteiger partial charge in [0.05, 0.1) is 7.11 Å². The third-order valence-corrected chi connectivity index (χ3v) is 7.11. The highest BCUT2D eigenvalue weighted by Gasteiger charge is 2.51. The number of rotatable bonds is 4. The minimum Gasteiger partial charge on any atom is -0.507 e. The van der Waals surface area contributed by atoms with Crippen LogP contribution in [0.1, 0.15) is 49.7 Å². The van der Waals surface area contributed by atoms with E-state index < -0.39 is 0 Å². The Kier molecular flexibility index (Phi) is 3.99. The maximum absolute atomic E-state index is 10.4. The number of ether oxygens (including phenoxy) is 1. The molecule has 2 aromatic carbocycles. The lowest BCUT2D eigenvalue weighted by atomic mass is 9.48. The highest BCUT2D eigenvalue weighted by molar-refractivity contribution is 5.86. The molecular weight excluding hydrogens is 334 g/mol. The molecule has 0 amide bonds. The van der Waals surface area contributed by atoms with Gasteiger partial charge in [-0.3, -0.25) is 4.99 Å². The molecule has 4 aliphatic carbocycles. The van der Waals surface area contributed by atoms with Gasteiger partial charge in [-0.1, -0.05) is 18.2 Å². The zero-order chi connectivity index (χ0) is 18.4. The fourth-order valence-corrected chi connectivity index (χ4v) is 6.33. The molecule has 0 spiro atoms. The number of aliphatic imine (C=N–C) groups is 1. The number of phenols is 1. The lowest BCUT2D eigenvalue weighted by molar-refractivity contribution is -0.00520. The Hall–Kier alpha value is -2.29. The molecule has 140 valence electrons. The third kappa shape index (κ3) is 2.93. The Morgan fingerprint density at radius 1 is 1.00 bits per heavy atom. The van der Waals surface area contributed by atoms with Crippen molar-refractivity contribution < 1.29 is 9.84 Å². The predicted octanol–water partition coefficient (Wildman–Crippen LogP) is 5.62. The number of nitrogens with zero attached hydrogens (tertiary/aromatic N) is 1. The number of hydrogen-bond donors (Lipinski definition) is 1. The van der Waals surface area contributed by atoms with Crippen LogP contribution in [0.15, 0.2) is 47.5 Å². The summed E-state index contributed by atoms with van der Waals surface area (Å²) in [4.78, 5) is 4.59. The summed E-state index contributed by atoms with van der Waals surface area (Å²) in [5, 5.41) is 10.4. The van der Waals surface area contributed by atoms with Gasteiger partial charge in [0.1, 0.15) is 17.2 Å². The molecule has 4 fully saturated rings. The van der Waals surface area contributed by atoms with E-state index in [2.05, 4.69) is 17.1 Å². The van der Waals surface area contributed by atoms with Gasteiger partial charge in [0.25, 0.3) is 0 Å². The molecule has 3 heteroatoms. The molecule has 0 radical (unpaired) electrons. The first kappa shape index (κ1) is 16.9. The highest BCUT2D eigenvalue weighted by Crippen LogP contribution is 2.60. The predicted molar refractivity (Wildman–Crippen MR) is 108 cm³/mol. The van der Waals surface area contributed by atoms with Gasteiger partial charge >= 0.3 is 0 Å². The van der Waals surface area contributed by atoms with E-state index in [9.17, 15) is 5.11 Å². The zero-order valence-corrected chi connectivity index (χ0v) is 15.9. The van der Waals surface area contributed by atoms with E-state index in [1.807, 2.05) is 30.3 Å². The molecule has 4 aliphatic rings. The van der Waals surface area contributed by atoms with Gasteiger partial charge in [0, 0.05) is 11.8 Å². The fraction of sp³-hybridized carbons (Fsp3) is 0.458. The molecule has 1 N–H and O–H groups in total. The van der Waals surface area contributed by atoms with Crippen molar-refractivity contribution in [2.45, 2.75) is 43.9 Å². The zero-order valence-electron chi connectivity index (χ0n) is 15.9. The monoisotopic (exact) mass is 361 g/mol. The van der Waals surface area contributed by atoms with Crippen LogP contribution in [0.3, 0.4) is 0 Å². The second-order valence-corrected chi connectivity index (χ2v) is 8.90. The lowest BCUT2D eigenvalue weighted by Crippen LogP contribution is -2.48. The van der Waals surface area contributed by atoms with Crippen LogP contribution in [0.2, 0.25) is 0 Å². The second-order valence-electron chi connectivity index (χ2n) is 8.90. The lowest BCUT2D eigenvalue weighted by Gasteiger charge is -2.57. The summed E-state index contributed by atoms with van der Waals surface area (Å²) < 4.78 is 5.38. The molecule has 2 aromatic rings. The Balaban J connectivity index is 1.48. The largest absolute Gasteiger partial charge is 0.507 e. The molecule has 0 heterocycles. The Morgan fingerprint density at radius 3 is 2.33 bits per heavy atom. The standard InChI is InChI=1S/C24H27NO2/c1-27-23-5-3-2-4-21(23)25-15-19-11-20(6-7-22(19)26)24-12-16-8-17(13-24)10-18(9-16)14-24/h2-7,11,15-18,26H,8-10,12-14H2,1H3. The molecule has 27 heavy (non-hydrogen) atoms. The fourth-order valence-electron chi connectivity index (χ4n) is 6.33. The average molecular weight is 361 g/mol. The molecule has 0 aliphatic heterocycles. The van der Waals surface area contributed by atoms with Gasteiger partial charge < -0.3 is 9.84 Å². The second kappa shape index (κ2) is 6.40. The number of benzene rings is 2. The van der Waals surface area contributed by atoms with Crippen molar-refractivity contribution in [2.75, 3.05) is 7.11 Å². The first-order valence-corrected chi connectivity index (χ1v) is 10.2. The average Bonchev–Trinajstić information content (AvgIpc) is 2.66. The Morgan fingerprint density at radius 2 is 1.67 bits per heavy atom. The Bertz CT molecular complexity index is 850. The number of phenolic OH excluding ortho intramolecular Hbond substituents is 1. The van der Waals surface area contributed by atoms with Crippen LogP contribution in [0.25, 0.3) is 0 Å². The molecule has 0 unspecified atom stereocenters. The van der Waals surface area contributed by atoms with Crippen LogP contribution in [0.5, 0.6) is 11.5 Å². The van der Waals surface area contributed by atoms with Crippen molar-refractivity contribution in [2.24, 2.45) is 22.7 Å². The Labute approximate surface area is 161 Å². The van der Waals surface area contributed by atoms with Crippen molar-refractivity contribution in [3.8, 4) is 11.5 Å². The number of hydrogen-bond acceptors (Lipinski definition) is 3.